The minimum absolute atomic E-state index is 0.263. The van der Waals surface area contributed by atoms with Gasteiger partial charge in [-0.05, 0) is 36.4 Å². The van der Waals surface area contributed by atoms with Gasteiger partial charge in [0.1, 0.15) is 5.03 Å². The zero-order valence-corrected chi connectivity index (χ0v) is 11.8. The molecule has 0 aliphatic rings. The number of rotatable bonds is 3. The van der Waals surface area contributed by atoms with Crippen LogP contribution in [0.2, 0.25) is 0 Å². The number of fused-ring (bicyclic) bond motifs is 1. The summed E-state index contributed by atoms with van der Waals surface area (Å²) in [4.78, 5) is 16.9. The number of nitrogen functional groups attached to an aromatic ring is 1. The molecule has 0 fully saturated rings. The van der Waals surface area contributed by atoms with Gasteiger partial charge in [-0.25, -0.2) is 9.78 Å². The van der Waals surface area contributed by atoms with Crippen molar-refractivity contribution in [3.63, 3.8) is 0 Å². The topological polar surface area (TPSA) is 76.2 Å². The number of aromatic carboxylic acids is 1. The van der Waals surface area contributed by atoms with Crippen LogP contribution in [-0.4, -0.2) is 16.1 Å². The molecule has 5 heteroatoms. The molecule has 3 N–H and O–H groups in total. The average Bonchev–Trinajstić information content (AvgIpc) is 2.48. The summed E-state index contributed by atoms with van der Waals surface area (Å²) in [7, 11) is 0. The molecule has 21 heavy (non-hydrogen) atoms. The van der Waals surface area contributed by atoms with E-state index in [2.05, 4.69) is 4.98 Å². The molecular weight excluding hydrogens is 284 g/mol. The van der Waals surface area contributed by atoms with E-state index in [0.717, 1.165) is 4.90 Å². The highest BCUT2D eigenvalue weighted by Crippen LogP contribution is 2.30. The summed E-state index contributed by atoms with van der Waals surface area (Å²) in [6.07, 6.45) is 0. The van der Waals surface area contributed by atoms with E-state index < -0.39 is 5.97 Å². The molecule has 0 aliphatic carbocycles. The van der Waals surface area contributed by atoms with Gasteiger partial charge >= 0.3 is 5.97 Å². The van der Waals surface area contributed by atoms with Crippen LogP contribution in [-0.2, 0) is 0 Å². The van der Waals surface area contributed by atoms with Crippen LogP contribution >= 0.6 is 11.8 Å². The summed E-state index contributed by atoms with van der Waals surface area (Å²) in [5, 5.41) is 10.7. The van der Waals surface area contributed by atoms with Crippen LogP contribution < -0.4 is 5.73 Å². The van der Waals surface area contributed by atoms with Gasteiger partial charge in [-0.2, -0.15) is 0 Å². The maximum absolute atomic E-state index is 11.4. The number of carboxylic acid groups (broad SMARTS) is 1. The molecule has 0 saturated carbocycles. The number of carboxylic acids is 1. The SMILES string of the molecule is Nc1ccc(Sc2cc(C(=O)O)c3ccccc3n2)cc1. The van der Waals surface area contributed by atoms with Crippen molar-refractivity contribution in [2.75, 3.05) is 5.73 Å². The molecule has 3 rings (SSSR count). The number of aromatic nitrogens is 1. The van der Waals surface area contributed by atoms with Crippen LogP contribution in [0.1, 0.15) is 10.4 Å². The number of nitrogens with zero attached hydrogens (tertiary/aromatic N) is 1. The quantitative estimate of drug-likeness (QED) is 0.721. The first-order valence-electron chi connectivity index (χ1n) is 6.30. The molecule has 0 atom stereocenters. The largest absolute Gasteiger partial charge is 0.478 e. The lowest BCUT2D eigenvalue weighted by Gasteiger charge is -2.06. The highest BCUT2D eigenvalue weighted by molar-refractivity contribution is 7.99. The number of hydrogen-bond acceptors (Lipinski definition) is 4. The van der Waals surface area contributed by atoms with Gasteiger partial charge in [0.2, 0.25) is 0 Å². The van der Waals surface area contributed by atoms with Crippen molar-refractivity contribution in [2.24, 2.45) is 0 Å². The van der Waals surface area contributed by atoms with Crippen LogP contribution in [0.3, 0.4) is 0 Å². The van der Waals surface area contributed by atoms with Crippen LogP contribution in [0.4, 0.5) is 5.69 Å². The molecule has 0 radical (unpaired) electrons. The molecule has 104 valence electrons. The summed E-state index contributed by atoms with van der Waals surface area (Å²) < 4.78 is 0. The standard InChI is InChI=1S/C16H12N2O2S/c17-10-5-7-11(8-6-10)21-15-9-13(16(19)20)12-3-1-2-4-14(12)18-15/h1-9H,17H2,(H,19,20). The Bertz CT molecular complexity index is 816. The van der Waals surface area contributed by atoms with E-state index >= 15 is 0 Å². The Kier molecular flexibility index (Phi) is 3.50. The second kappa shape index (κ2) is 5.46. The molecule has 3 aromatic rings. The highest BCUT2D eigenvalue weighted by atomic mass is 32.2. The molecular formula is C16H12N2O2S. The Morgan fingerprint density at radius 2 is 1.81 bits per heavy atom. The third kappa shape index (κ3) is 2.83. The summed E-state index contributed by atoms with van der Waals surface area (Å²) in [6.45, 7) is 0. The molecule has 0 unspecified atom stereocenters. The predicted molar refractivity (Wildman–Crippen MR) is 83.7 cm³/mol. The fourth-order valence-corrected chi connectivity index (χ4v) is 2.87. The zero-order chi connectivity index (χ0) is 14.8. The molecule has 0 amide bonds. The molecule has 0 spiro atoms. The summed E-state index contributed by atoms with van der Waals surface area (Å²) in [5.74, 6) is -0.951. The normalized spacial score (nSPS) is 10.7. The predicted octanol–water partition coefficient (Wildman–Crippen LogP) is 3.67. The fourth-order valence-electron chi connectivity index (χ4n) is 2.04. The van der Waals surface area contributed by atoms with Gasteiger partial charge in [0, 0.05) is 16.0 Å². The maximum atomic E-state index is 11.4. The number of anilines is 1. The van der Waals surface area contributed by atoms with Crippen LogP contribution in [0, 0.1) is 0 Å². The number of hydrogen-bond donors (Lipinski definition) is 2. The smallest absolute Gasteiger partial charge is 0.336 e. The molecule has 1 heterocycles. The van der Waals surface area contributed by atoms with E-state index in [1.807, 2.05) is 42.5 Å². The van der Waals surface area contributed by atoms with Gasteiger partial charge in [-0.15, -0.1) is 0 Å². The number of carbonyl (C=O) groups is 1. The van der Waals surface area contributed by atoms with Crippen LogP contribution in [0.15, 0.2) is 64.5 Å². The molecule has 0 bridgehead atoms. The summed E-state index contributed by atoms with van der Waals surface area (Å²) in [6, 6.07) is 16.2. The van der Waals surface area contributed by atoms with E-state index in [0.29, 0.717) is 21.6 Å². The number of pyridine rings is 1. The van der Waals surface area contributed by atoms with Crippen LogP contribution in [0.5, 0.6) is 0 Å². The van der Waals surface area contributed by atoms with Gasteiger partial charge in [-0.1, -0.05) is 30.0 Å². The van der Waals surface area contributed by atoms with Crippen molar-refractivity contribution in [3.05, 3.63) is 60.2 Å². The Morgan fingerprint density at radius 1 is 1.10 bits per heavy atom. The second-order valence-electron chi connectivity index (χ2n) is 4.50. The van der Waals surface area contributed by atoms with Gasteiger partial charge < -0.3 is 10.8 Å². The van der Waals surface area contributed by atoms with E-state index in [-0.39, 0.29) is 5.56 Å². The van der Waals surface area contributed by atoms with Gasteiger partial charge in [-0.3, -0.25) is 0 Å². The Balaban J connectivity index is 2.06. The van der Waals surface area contributed by atoms with Crippen molar-refractivity contribution in [1.29, 1.82) is 0 Å². The lowest BCUT2D eigenvalue weighted by molar-refractivity contribution is 0.0698. The average molecular weight is 296 g/mol. The lowest BCUT2D eigenvalue weighted by Crippen LogP contribution is -1.99. The molecule has 0 aliphatic heterocycles. The van der Waals surface area contributed by atoms with E-state index in [4.69, 9.17) is 5.73 Å². The van der Waals surface area contributed by atoms with E-state index in [1.165, 1.54) is 11.8 Å². The van der Waals surface area contributed by atoms with Gasteiger partial charge in [0.15, 0.2) is 0 Å². The van der Waals surface area contributed by atoms with Gasteiger partial charge in [0.05, 0.1) is 11.1 Å². The van der Waals surface area contributed by atoms with Crippen molar-refractivity contribution < 1.29 is 9.90 Å². The number of benzene rings is 2. The Morgan fingerprint density at radius 3 is 2.52 bits per heavy atom. The fraction of sp³-hybridized carbons (Fsp3) is 0. The number of para-hydroxylation sites is 1. The maximum Gasteiger partial charge on any atom is 0.336 e. The van der Waals surface area contributed by atoms with Crippen molar-refractivity contribution in [3.8, 4) is 0 Å². The molecule has 1 aromatic heterocycles. The monoisotopic (exact) mass is 296 g/mol. The zero-order valence-electron chi connectivity index (χ0n) is 11.0. The first-order chi connectivity index (χ1) is 10.1. The lowest BCUT2D eigenvalue weighted by atomic mass is 10.1. The molecule has 0 saturated heterocycles. The van der Waals surface area contributed by atoms with Crippen molar-refractivity contribution in [2.45, 2.75) is 9.92 Å². The second-order valence-corrected chi connectivity index (χ2v) is 5.60. The van der Waals surface area contributed by atoms with Crippen molar-refractivity contribution >= 4 is 34.3 Å². The highest BCUT2D eigenvalue weighted by Gasteiger charge is 2.12. The first kappa shape index (κ1) is 13.5. The first-order valence-corrected chi connectivity index (χ1v) is 7.11. The Hall–Kier alpha value is -2.53. The third-order valence-electron chi connectivity index (χ3n) is 3.03. The molecule has 2 aromatic carbocycles. The number of nitrogens with two attached hydrogens (primary N) is 1. The van der Waals surface area contributed by atoms with E-state index in [1.54, 1.807) is 12.1 Å². The summed E-state index contributed by atoms with van der Waals surface area (Å²) in [5.41, 5.74) is 7.29. The van der Waals surface area contributed by atoms with Gasteiger partial charge in [0.25, 0.3) is 0 Å². The third-order valence-corrected chi connectivity index (χ3v) is 3.95. The minimum Gasteiger partial charge on any atom is -0.478 e. The van der Waals surface area contributed by atoms with Crippen LogP contribution in [0.25, 0.3) is 10.9 Å². The Labute approximate surface area is 125 Å². The van der Waals surface area contributed by atoms with E-state index in [9.17, 15) is 9.90 Å². The van der Waals surface area contributed by atoms with Crippen molar-refractivity contribution in [1.82, 2.24) is 4.98 Å². The molecule has 4 nitrogen and oxygen atoms in total. The summed E-state index contributed by atoms with van der Waals surface area (Å²) >= 11 is 1.41. The minimum atomic E-state index is -0.951.